The first kappa shape index (κ1) is 34.7. The lowest BCUT2D eigenvalue weighted by Crippen LogP contribution is -2.61. The quantitative estimate of drug-likeness (QED) is 0.237. The molecule has 0 bridgehead atoms. The smallest absolute Gasteiger partial charge is 0.407 e. The number of methoxy groups -OCH3 is 1. The number of nitrogens with one attached hydrogen (secondary N) is 3. The summed E-state index contributed by atoms with van der Waals surface area (Å²) in [5.74, 6) is -2.62. The highest BCUT2D eigenvalue weighted by atomic mass is 32.2. The van der Waals surface area contributed by atoms with Gasteiger partial charge in [0, 0.05) is 25.2 Å². The molecule has 5 rings (SSSR count). The van der Waals surface area contributed by atoms with Crippen LogP contribution in [0.5, 0.6) is 6.01 Å². The average Bonchev–Trinajstić information content (AvgIpc) is 3.95. The van der Waals surface area contributed by atoms with Crippen molar-refractivity contribution >= 4 is 33.8 Å². The lowest BCUT2D eigenvalue weighted by Gasteiger charge is -2.35. The molecule has 1 saturated heterocycles. The molecule has 0 aromatic carbocycles. The number of sulfonamides is 1. The van der Waals surface area contributed by atoms with Gasteiger partial charge in [-0.1, -0.05) is 32.9 Å². The average molecular weight is 686 g/mol. The van der Waals surface area contributed by atoms with Crippen molar-refractivity contribution in [1.82, 2.24) is 35.2 Å². The topological polar surface area (TPSA) is 219 Å². The lowest BCUT2D eigenvalue weighted by atomic mass is 9.85. The van der Waals surface area contributed by atoms with E-state index in [2.05, 4.69) is 32.2 Å². The third-order valence-electron chi connectivity index (χ3n) is 8.65. The fourth-order valence-electron chi connectivity index (χ4n) is 5.63. The van der Waals surface area contributed by atoms with E-state index in [0.29, 0.717) is 24.2 Å². The number of rotatable bonds is 11. The van der Waals surface area contributed by atoms with Crippen LogP contribution in [0.1, 0.15) is 46.5 Å². The zero-order chi connectivity index (χ0) is 35.1. The fourth-order valence-corrected chi connectivity index (χ4v) is 6.99. The van der Waals surface area contributed by atoms with Gasteiger partial charge in [0.05, 0.1) is 30.3 Å². The molecule has 258 valence electrons. The molecule has 2 aromatic heterocycles. The summed E-state index contributed by atoms with van der Waals surface area (Å²) in [5, 5.41) is 15.4. The standard InChI is InChI=1S/C31H39N7O9S/c1-6-30(43)17-31(30,26(41)37-48(44,45)19-10-11-19)36-24(39)22-15-18(16-38(22)25(40)23(29(2,3)4)35-28(42)46-5)47-27-33-14-12-21(34-27)20-9-7-8-13-32-20/h6-9,12-14,18-19,22-23,43H,1,10-11,15-17H2,2-5H3,(H,35,42)(H,36,39)(H,37,41)/t18-,22+,23-,30?,31+/m1/s1. The maximum atomic E-state index is 14.1. The van der Waals surface area contributed by atoms with Crippen LogP contribution in [-0.2, 0) is 29.1 Å². The zero-order valence-electron chi connectivity index (χ0n) is 27.0. The second kappa shape index (κ2) is 12.8. The highest BCUT2D eigenvalue weighted by Gasteiger charge is 2.72. The molecule has 3 fully saturated rings. The first-order chi connectivity index (χ1) is 22.5. The van der Waals surface area contributed by atoms with Gasteiger partial charge in [-0.05, 0) is 36.5 Å². The molecule has 5 atom stereocenters. The molecular weight excluding hydrogens is 646 g/mol. The molecule has 16 nitrogen and oxygen atoms in total. The molecule has 1 aliphatic heterocycles. The van der Waals surface area contributed by atoms with Crippen molar-refractivity contribution in [3.05, 3.63) is 49.3 Å². The molecule has 0 radical (unpaired) electrons. The molecule has 4 amide bonds. The molecule has 3 aliphatic rings. The normalized spacial score (nSPS) is 25.7. The minimum Gasteiger partial charge on any atom is -0.458 e. The molecule has 4 N–H and O–H groups in total. The van der Waals surface area contributed by atoms with Crippen LogP contribution < -0.4 is 20.1 Å². The highest BCUT2D eigenvalue weighted by Crippen LogP contribution is 2.49. The molecule has 2 aliphatic carbocycles. The summed E-state index contributed by atoms with van der Waals surface area (Å²) in [4.78, 5) is 67.8. The number of aromatic nitrogens is 3. The number of hydrogen-bond donors (Lipinski definition) is 4. The first-order valence-corrected chi connectivity index (χ1v) is 16.9. The monoisotopic (exact) mass is 685 g/mol. The molecule has 2 aromatic rings. The van der Waals surface area contributed by atoms with Crippen LogP contribution in [0.4, 0.5) is 4.79 Å². The van der Waals surface area contributed by atoms with Gasteiger partial charge in [0.2, 0.25) is 21.8 Å². The molecule has 1 unspecified atom stereocenters. The molecular formula is C31H39N7O9S. The van der Waals surface area contributed by atoms with Gasteiger partial charge in [0.25, 0.3) is 5.91 Å². The number of carbonyl (C=O) groups excluding carboxylic acids is 4. The predicted octanol–water partition coefficient (Wildman–Crippen LogP) is 0.442. The Hall–Kier alpha value is -4.64. The molecule has 48 heavy (non-hydrogen) atoms. The van der Waals surface area contributed by atoms with Crippen LogP contribution in [0.3, 0.4) is 0 Å². The van der Waals surface area contributed by atoms with Crippen LogP contribution >= 0.6 is 0 Å². The van der Waals surface area contributed by atoms with Gasteiger partial charge < -0.3 is 30.1 Å². The van der Waals surface area contributed by atoms with Crippen LogP contribution in [0.25, 0.3) is 11.4 Å². The Morgan fingerprint density at radius 1 is 1.12 bits per heavy atom. The van der Waals surface area contributed by atoms with E-state index in [4.69, 9.17) is 9.47 Å². The van der Waals surface area contributed by atoms with E-state index < -0.39 is 73.8 Å². The maximum Gasteiger partial charge on any atom is 0.407 e. The Balaban J connectivity index is 1.43. The van der Waals surface area contributed by atoms with E-state index in [1.165, 1.54) is 11.1 Å². The maximum absolute atomic E-state index is 14.1. The van der Waals surface area contributed by atoms with Gasteiger partial charge in [-0.3, -0.25) is 24.1 Å². The lowest BCUT2D eigenvalue weighted by molar-refractivity contribution is -0.143. The molecule has 17 heteroatoms. The number of likely N-dealkylation sites (tertiary alicyclic amines) is 1. The number of carbonyl (C=O) groups is 4. The zero-order valence-corrected chi connectivity index (χ0v) is 27.8. The van der Waals surface area contributed by atoms with Gasteiger partial charge in [-0.2, -0.15) is 4.98 Å². The summed E-state index contributed by atoms with van der Waals surface area (Å²) in [5.41, 5.74) is -3.81. The summed E-state index contributed by atoms with van der Waals surface area (Å²) >= 11 is 0. The molecule has 0 spiro atoms. The number of ether oxygens (including phenoxy) is 2. The Kier molecular flexibility index (Phi) is 9.22. The van der Waals surface area contributed by atoms with Gasteiger partial charge in [-0.25, -0.2) is 18.2 Å². The van der Waals surface area contributed by atoms with Crippen molar-refractivity contribution < 1.29 is 42.2 Å². The number of nitrogens with zero attached hydrogens (tertiary/aromatic N) is 4. The Morgan fingerprint density at radius 2 is 1.85 bits per heavy atom. The Bertz CT molecular complexity index is 1710. The summed E-state index contributed by atoms with van der Waals surface area (Å²) in [6.07, 6.45) is 2.77. The van der Waals surface area contributed by atoms with Gasteiger partial charge in [-0.15, -0.1) is 6.58 Å². The van der Waals surface area contributed by atoms with Crippen LogP contribution in [0.2, 0.25) is 0 Å². The first-order valence-electron chi connectivity index (χ1n) is 15.3. The Labute approximate surface area is 277 Å². The molecule has 3 heterocycles. The van der Waals surface area contributed by atoms with Crippen molar-refractivity contribution in [2.75, 3.05) is 13.7 Å². The van der Waals surface area contributed by atoms with E-state index in [9.17, 15) is 32.7 Å². The van der Waals surface area contributed by atoms with Crippen molar-refractivity contribution in [3.8, 4) is 17.4 Å². The van der Waals surface area contributed by atoms with E-state index in [-0.39, 0.29) is 25.4 Å². The van der Waals surface area contributed by atoms with E-state index in [1.807, 2.05) is 4.72 Å². The summed E-state index contributed by atoms with van der Waals surface area (Å²) in [6, 6.07) is 4.47. The van der Waals surface area contributed by atoms with Gasteiger partial charge in [0.15, 0.2) is 5.54 Å². The van der Waals surface area contributed by atoms with Gasteiger partial charge >= 0.3 is 12.1 Å². The third kappa shape index (κ3) is 6.96. The summed E-state index contributed by atoms with van der Waals surface area (Å²) in [7, 11) is -2.88. The second-order valence-corrected chi connectivity index (χ2v) is 15.2. The SMILES string of the molecule is C=CC1(O)C[C@]1(NC(=O)[C@@H]1C[C@@H](Oc2nccc(-c3ccccn3)n2)CN1C(=O)[C@@H](NC(=O)OC)C(C)(C)C)C(=O)NS(=O)(=O)C1CC1. The second-order valence-electron chi connectivity index (χ2n) is 13.2. The number of pyridine rings is 1. The highest BCUT2D eigenvalue weighted by molar-refractivity contribution is 7.91. The largest absolute Gasteiger partial charge is 0.458 e. The van der Waals surface area contributed by atoms with Crippen molar-refractivity contribution in [2.24, 2.45) is 5.41 Å². The van der Waals surface area contributed by atoms with E-state index in [0.717, 1.165) is 13.2 Å². The van der Waals surface area contributed by atoms with Crippen LogP contribution in [-0.4, -0.2) is 105 Å². The third-order valence-corrected chi connectivity index (χ3v) is 10.5. The predicted molar refractivity (Wildman–Crippen MR) is 169 cm³/mol. The van der Waals surface area contributed by atoms with Crippen molar-refractivity contribution in [1.29, 1.82) is 0 Å². The number of hydrogen-bond acceptors (Lipinski definition) is 12. The van der Waals surface area contributed by atoms with Crippen LogP contribution in [0.15, 0.2) is 49.3 Å². The Morgan fingerprint density at radius 3 is 2.44 bits per heavy atom. The summed E-state index contributed by atoms with van der Waals surface area (Å²) in [6.45, 7) is 8.56. The van der Waals surface area contributed by atoms with Crippen LogP contribution in [0, 0.1) is 5.41 Å². The number of aliphatic hydroxyl groups is 1. The number of amides is 4. The van der Waals surface area contributed by atoms with Crippen molar-refractivity contribution in [2.45, 2.75) is 81.0 Å². The fraction of sp³-hybridized carbons (Fsp3) is 0.516. The molecule has 2 saturated carbocycles. The van der Waals surface area contributed by atoms with Gasteiger partial charge in [0.1, 0.15) is 23.8 Å². The summed E-state index contributed by atoms with van der Waals surface area (Å²) < 4.78 is 38.0. The van der Waals surface area contributed by atoms with E-state index >= 15 is 0 Å². The minimum absolute atomic E-state index is 0.0407. The van der Waals surface area contributed by atoms with E-state index in [1.54, 1.807) is 51.2 Å². The minimum atomic E-state index is -4.03. The van der Waals surface area contributed by atoms with Crippen molar-refractivity contribution in [3.63, 3.8) is 0 Å². The number of alkyl carbamates (subject to hydrolysis) is 1.